The van der Waals surface area contributed by atoms with Crippen LogP contribution in [0.3, 0.4) is 0 Å². The van der Waals surface area contributed by atoms with E-state index in [2.05, 4.69) is 22.1 Å². The number of nitrogens with one attached hydrogen (secondary N) is 1. The molecule has 1 saturated heterocycles. The second-order valence-corrected chi connectivity index (χ2v) is 10.8. The van der Waals surface area contributed by atoms with Crippen LogP contribution in [0.2, 0.25) is 0 Å². The quantitative estimate of drug-likeness (QED) is 0.696. The molecule has 1 amide bonds. The number of nitrogens with zero attached hydrogens (tertiary/aromatic N) is 4. The van der Waals surface area contributed by atoms with E-state index in [0.29, 0.717) is 36.8 Å². The van der Waals surface area contributed by atoms with Gasteiger partial charge in [-0.25, -0.2) is 4.98 Å². The zero-order valence-electron chi connectivity index (χ0n) is 20.1. The summed E-state index contributed by atoms with van der Waals surface area (Å²) in [4.78, 5) is 32.2. The number of aliphatic hydroxyl groups is 1. The number of aromatic amines is 1. The Balaban J connectivity index is 1.41. The molecular formula is C25H37N5O3. The molecule has 2 atom stereocenters. The highest BCUT2D eigenvalue weighted by Crippen LogP contribution is 2.40. The van der Waals surface area contributed by atoms with Crippen molar-refractivity contribution in [3.05, 3.63) is 35.0 Å². The molecule has 4 rings (SSSR count). The highest BCUT2D eigenvalue weighted by molar-refractivity contribution is 5.78. The molecular weight excluding hydrogens is 418 g/mol. The van der Waals surface area contributed by atoms with Crippen LogP contribution in [-0.2, 0) is 11.3 Å². The number of hydrogen-bond donors (Lipinski definition) is 2. The van der Waals surface area contributed by atoms with Gasteiger partial charge < -0.3 is 10.0 Å². The van der Waals surface area contributed by atoms with Crippen molar-refractivity contribution in [2.75, 3.05) is 13.1 Å². The summed E-state index contributed by atoms with van der Waals surface area (Å²) in [5.41, 5.74) is -0.706. The number of carbonyl (C=O) groups excluding carboxylic acids is 1. The largest absolute Gasteiger partial charge is 0.387 e. The van der Waals surface area contributed by atoms with Crippen molar-refractivity contribution >= 4 is 5.91 Å². The van der Waals surface area contributed by atoms with E-state index in [0.717, 1.165) is 6.42 Å². The van der Waals surface area contributed by atoms with Gasteiger partial charge in [0.15, 0.2) is 0 Å². The Hall–Kier alpha value is -2.48. The van der Waals surface area contributed by atoms with Crippen molar-refractivity contribution in [2.45, 2.75) is 77.9 Å². The minimum absolute atomic E-state index is 0.0111. The van der Waals surface area contributed by atoms with Gasteiger partial charge in [-0.15, -0.1) is 0 Å². The summed E-state index contributed by atoms with van der Waals surface area (Å²) in [6.07, 6.45) is 10.9. The third-order valence-corrected chi connectivity index (χ3v) is 7.87. The summed E-state index contributed by atoms with van der Waals surface area (Å²) in [6, 6.07) is 3.21. The monoisotopic (exact) mass is 455 g/mol. The third kappa shape index (κ3) is 5.05. The van der Waals surface area contributed by atoms with Crippen LogP contribution in [0.25, 0.3) is 11.4 Å². The highest BCUT2D eigenvalue weighted by atomic mass is 16.3. The molecule has 2 N–H and O–H groups in total. The van der Waals surface area contributed by atoms with E-state index in [4.69, 9.17) is 0 Å². The summed E-state index contributed by atoms with van der Waals surface area (Å²) in [7, 11) is 0. The van der Waals surface area contributed by atoms with E-state index in [1.165, 1.54) is 49.1 Å². The van der Waals surface area contributed by atoms with Gasteiger partial charge in [-0.1, -0.05) is 52.9 Å². The van der Waals surface area contributed by atoms with Gasteiger partial charge in [0, 0.05) is 36.7 Å². The number of aromatic nitrogens is 4. The topological polar surface area (TPSA) is 104 Å². The number of amides is 1. The zero-order chi connectivity index (χ0) is 23.6. The summed E-state index contributed by atoms with van der Waals surface area (Å²) in [6.45, 7) is 7.14. The third-order valence-electron chi connectivity index (χ3n) is 7.87. The summed E-state index contributed by atoms with van der Waals surface area (Å²) in [5.74, 6) is 0.868. The van der Waals surface area contributed by atoms with Crippen LogP contribution in [0.4, 0.5) is 0 Å². The van der Waals surface area contributed by atoms with Gasteiger partial charge in [-0.3, -0.25) is 19.3 Å². The van der Waals surface area contributed by atoms with Gasteiger partial charge in [0.25, 0.3) is 5.56 Å². The van der Waals surface area contributed by atoms with Crippen molar-refractivity contribution in [3.8, 4) is 11.4 Å². The van der Waals surface area contributed by atoms with Crippen LogP contribution in [0.15, 0.2) is 29.5 Å². The van der Waals surface area contributed by atoms with Gasteiger partial charge in [0.2, 0.25) is 5.91 Å². The molecule has 1 saturated carbocycles. The smallest absolute Gasteiger partial charge is 0.254 e. The second-order valence-electron chi connectivity index (χ2n) is 10.8. The van der Waals surface area contributed by atoms with E-state index in [1.807, 2.05) is 18.7 Å². The Morgan fingerprint density at radius 3 is 2.70 bits per heavy atom. The first kappa shape index (κ1) is 23.7. The standard InChI is InChI=1S/C25H37N5O3/c1-18(13-19-7-5-4-6-8-19)23(32)29-12-10-25(33,24(2,3)15-29)16-30-17-26-21(14-22(30)31)20-9-11-27-28-20/h9,11,14,17-19,33H,4-8,10,12-13,15-16H2,1-3H3,(H,27,28). The van der Waals surface area contributed by atoms with Crippen LogP contribution >= 0.6 is 0 Å². The van der Waals surface area contributed by atoms with Crippen LogP contribution in [-0.4, -0.2) is 54.4 Å². The van der Waals surface area contributed by atoms with Crippen LogP contribution in [0.1, 0.15) is 65.7 Å². The molecule has 0 aromatic carbocycles. The fourth-order valence-corrected chi connectivity index (χ4v) is 5.55. The van der Waals surface area contributed by atoms with Gasteiger partial charge in [-0.05, 0) is 24.8 Å². The van der Waals surface area contributed by atoms with Gasteiger partial charge in [0.05, 0.1) is 29.9 Å². The number of H-pyrrole nitrogens is 1. The maximum Gasteiger partial charge on any atom is 0.254 e. The maximum atomic E-state index is 13.2. The molecule has 2 aromatic rings. The molecule has 1 aliphatic carbocycles. The Labute approximate surface area is 195 Å². The van der Waals surface area contributed by atoms with E-state index < -0.39 is 11.0 Å². The van der Waals surface area contributed by atoms with Crippen molar-refractivity contribution in [1.82, 2.24) is 24.6 Å². The average molecular weight is 456 g/mol. The van der Waals surface area contributed by atoms with Crippen LogP contribution < -0.4 is 5.56 Å². The lowest BCUT2D eigenvalue weighted by atomic mass is 9.69. The normalized spacial score (nSPS) is 24.5. The molecule has 3 heterocycles. The predicted molar refractivity (Wildman–Crippen MR) is 126 cm³/mol. The number of likely N-dealkylation sites (tertiary alicyclic amines) is 1. The zero-order valence-corrected chi connectivity index (χ0v) is 20.1. The Kier molecular flexibility index (Phi) is 6.75. The van der Waals surface area contributed by atoms with Gasteiger partial charge >= 0.3 is 0 Å². The molecule has 180 valence electrons. The molecule has 0 radical (unpaired) electrons. The molecule has 8 nitrogen and oxygen atoms in total. The number of rotatable bonds is 6. The Morgan fingerprint density at radius 1 is 1.30 bits per heavy atom. The first-order valence-corrected chi connectivity index (χ1v) is 12.3. The predicted octanol–water partition coefficient (Wildman–Crippen LogP) is 3.23. The lowest BCUT2D eigenvalue weighted by molar-refractivity contribution is -0.157. The van der Waals surface area contributed by atoms with Crippen molar-refractivity contribution < 1.29 is 9.90 Å². The molecule has 1 aliphatic heterocycles. The summed E-state index contributed by atoms with van der Waals surface area (Å²) in [5, 5.41) is 18.3. The Bertz CT molecular complexity index is 1010. The van der Waals surface area contributed by atoms with Crippen molar-refractivity contribution in [3.63, 3.8) is 0 Å². The second kappa shape index (κ2) is 9.41. The van der Waals surface area contributed by atoms with Gasteiger partial charge in [-0.2, -0.15) is 5.10 Å². The minimum Gasteiger partial charge on any atom is -0.387 e. The van der Waals surface area contributed by atoms with E-state index in [-0.39, 0.29) is 23.9 Å². The molecule has 33 heavy (non-hydrogen) atoms. The molecule has 2 unspecified atom stereocenters. The van der Waals surface area contributed by atoms with Crippen molar-refractivity contribution in [1.29, 1.82) is 0 Å². The first-order chi connectivity index (χ1) is 15.7. The van der Waals surface area contributed by atoms with Crippen LogP contribution in [0, 0.1) is 17.3 Å². The summed E-state index contributed by atoms with van der Waals surface area (Å²) < 4.78 is 1.46. The lowest BCUT2D eigenvalue weighted by Gasteiger charge is -2.50. The van der Waals surface area contributed by atoms with E-state index in [9.17, 15) is 14.7 Å². The minimum atomic E-state index is -1.11. The molecule has 2 aromatic heterocycles. The molecule has 0 bridgehead atoms. The fraction of sp³-hybridized carbons (Fsp3) is 0.680. The first-order valence-electron chi connectivity index (χ1n) is 12.3. The van der Waals surface area contributed by atoms with Gasteiger partial charge in [0.1, 0.15) is 0 Å². The van der Waals surface area contributed by atoms with Crippen molar-refractivity contribution in [2.24, 2.45) is 17.3 Å². The number of carbonyl (C=O) groups is 1. The van der Waals surface area contributed by atoms with E-state index in [1.54, 1.807) is 12.3 Å². The van der Waals surface area contributed by atoms with E-state index >= 15 is 0 Å². The molecule has 0 spiro atoms. The molecule has 2 aliphatic rings. The SMILES string of the molecule is CC(CC1CCCCC1)C(=O)N1CCC(O)(Cn2cnc(-c3ccn[nH]3)cc2=O)C(C)(C)C1. The van der Waals surface area contributed by atoms with Crippen LogP contribution in [0.5, 0.6) is 0 Å². The summed E-state index contributed by atoms with van der Waals surface area (Å²) >= 11 is 0. The maximum absolute atomic E-state index is 13.2. The molecule has 8 heteroatoms. The average Bonchev–Trinajstić information content (AvgIpc) is 3.32. The molecule has 2 fully saturated rings. The number of piperidine rings is 1. The lowest BCUT2D eigenvalue weighted by Crippen LogP contribution is -2.61. The number of hydrogen-bond acceptors (Lipinski definition) is 5. The fourth-order valence-electron chi connectivity index (χ4n) is 5.55. The highest BCUT2D eigenvalue weighted by Gasteiger charge is 2.49. The Morgan fingerprint density at radius 2 is 2.06 bits per heavy atom.